The maximum atomic E-state index is 13.0. The van der Waals surface area contributed by atoms with Gasteiger partial charge in [-0.15, -0.1) is 0 Å². The number of anilines is 1. The fraction of sp³-hybridized carbons (Fsp3) is 0.571. The van der Waals surface area contributed by atoms with Gasteiger partial charge in [0.05, 0.1) is 12.6 Å². The number of ether oxygens (including phenoxy) is 1. The lowest BCUT2D eigenvalue weighted by molar-refractivity contribution is 0.0466. The quantitative estimate of drug-likeness (QED) is 0.917. The standard InChI is InChI=1S/C14H20F2N2O/c1-19-12-5-3-11(4-6-12)18-9-2-7-14(17,8-10-18)13(15)16/h3-6,13H,2,7-10,17H2,1H3. The number of methoxy groups -OCH3 is 1. The topological polar surface area (TPSA) is 38.5 Å². The van der Waals surface area contributed by atoms with Crippen LogP contribution < -0.4 is 15.4 Å². The van der Waals surface area contributed by atoms with Crippen molar-refractivity contribution in [2.24, 2.45) is 5.73 Å². The predicted octanol–water partition coefficient (Wildman–Crippen LogP) is 2.65. The van der Waals surface area contributed by atoms with Gasteiger partial charge in [0.15, 0.2) is 0 Å². The monoisotopic (exact) mass is 270 g/mol. The molecule has 1 aliphatic rings. The van der Waals surface area contributed by atoms with E-state index < -0.39 is 12.0 Å². The molecule has 1 fully saturated rings. The zero-order valence-corrected chi connectivity index (χ0v) is 11.1. The van der Waals surface area contributed by atoms with Crippen molar-refractivity contribution in [3.8, 4) is 5.75 Å². The molecule has 0 amide bonds. The molecular weight excluding hydrogens is 250 g/mol. The van der Waals surface area contributed by atoms with Crippen molar-refractivity contribution in [2.75, 3.05) is 25.1 Å². The average Bonchev–Trinajstić information content (AvgIpc) is 2.62. The van der Waals surface area contributed by atoms with Crippen LogP contribution in [0.5, 0.6) is 5.75 Å². The fourth-order valence-corrected chi connectivity index (χ4v) is 2.45. The summed E-state index contributed by atoms with van der Waals surface area (Å²) in [6.07, 6.45) is -1.08. The Kier molecular flexibility index (Phi) is 4.24. The second-order valence-corrected chi connectivity index (χ2v) is 5.07. The Labute approximate surface area is 112 Å². The van der Waals surface area contributed by atoms with Gasteiger partial charge >= 0.3 is 0 Å². The van der Waals surface area contributed by atoms with Crippen molar-refractivity contribution < 1.29 is 13.5 Å². The van der Waals surface area contributed by atoms with Gasteiger partial charge in [-0.05, 0) is 43.5 Å². The number of alkyl halides is 2. The van der Waals surface area contributed by atoms with Crippen LogP contribution in [0.3, 0.4) is 0 Å². The molecule has 1 unspecified atom stereocenters. The zero-order valence-electron chi connectivity index (χ0n) is 11.1. The molecule has 5 heteroatoms. The first kappa shape index (κ1) is 14.1. The summed E-state index contributed by atoms with van der Waals surface area (Å²) < 4.78 is 31.0. The van der Waals surface area contributed by atoms with Gasteiger partial charge in [-0.3, -0.25) is 0 Å². The smallest absolute Gasteiger partial charge is 0.256 e. The summed E-state index contributed by atoms with van der Waals surface area (Å²) in [4.78, 5) is 2.11. The summed E-state index contributed by atoms with van der Waals surface area (Å²) in [6, 6.07) is 7.65. The van der Waals surface area contributed by atoms with Gasteiger partial charge in [0.25, 0.3) is 6.43 Å². The molecule has 1 atom stereocenters. The minimum Gasteiger partial charge on any atom is -0.497 e. The summed E-state index contributed by atoms with van der Waals surface area (Å²) >= 11 is 0. The highest BCUT2D eigenvalue weighted by Gasteiger charge is 2.37. The Balaban J connectivity index is 2.06. The van der Waals surface area contributed by atoms with Gasteiger partial charge in [0, 0.05) is 18.8 Å². The van der Waals surface area contributed by atoms with Crippen LogP contribution in [0.25, 0.3) is 0 Å². The molecule has 0 radical (unpaired) electrons. The molecule has 1 saturated heterocycles. The highest BCUT2D eigenvalue weighted by molar-refractivity contribution is 5.49. The molecule has 0 aromatic heterocycles. The molecule has 0 aliphatic carbocycles. The Morgan fingerprint density at radius 1 is 1.21 bits per heavy atom. The fourth-order valence-electron chi connectivity index (χ4n) is 2.45. The average molecular weight is 270 g/mol. The molecule has 2 rings (SSSR count). The Morgan fingerprint density at radius 3 is 2.47 bits per heavy atom. The Morgan fingerprint density at radius 2 is 1.89 bits per heavy atom. The van der Waals surface area contributed by atoms with Gasteiger partial charge in [-0.2, -0.15) is 0 Å². The van der Waals surface area contributed by atoms with Gasteiger partial charge in [-0.1, -0.05) is 0 Å². The molecule has 0 spiro atoms. The van der Waals surface area contributed by atoms with E-state index in [1.807, 2.05) is 24.3 Å². The van der Waals surface area contributed by atoms with Crippen LogP contribution in [-0.2, 0) is 0 Å². The molecular formula is C14H20F2N2O. The summed E-state index contributed by atoms with van der Waals surface area (Å²) in [5, 5.41) is 0. The molecule has 1 heterocycles. The van der Waals surface area contributed by atoms with Crippen LogP contribution in [0.15, 0.2) is 24.3 Å². The van der Waals surface area contributed by atoms with Gasteiger partial charge in [0.2, 0.25) is 0 Å². The van der Waals surface area contributed by atoms with E-state index in [0.29, 0.717) is 25.8 Å². The van der Waals surface area contributed by atoms with Crippen LogP contribution in [0, 0.1) is 0 Å². The third-order valence-corrected chi connectivity index (χ3v) is 3.79. The van der Waals surface area contributed by atoms with Crippen molar-refractivity contribution in [2.45, 2.75) is 31.2 Å². The number of rotatable bonds is 3. The lowest BCUT2D eigenvalue weighted by atomic mass is 9.92. The SMILES string of the molecule is COc1ccc(N2CCCC(N)(C(F)F)CC2)cc1. The normalized spacial score (nSPS) is 24.4. The molecule has 1 aromatic rings. The minimum atomic E-state index is -2.46. The summed E-state index contributed by atoms with van der Waals surface area (Å²) in [5.41, 5.74) is 5.49. The van der Waals surface area contributed by atoms with E-state index in [1.165, 1.54) is 0 Å². The number of nitrogens with zero attached hydrogens (tertiary/aromatic N) is 1. The Hall–Kier alpha value is -1.36. The highest BCUT2D eigenvalue weighted by atomic mass is 19.3. The third kappa shape index (κ3) is 3.15. The van der Waals surface area contributed by atoms with Crippen molar-refractivity contribution in [1.82, 2.24) is 0 Å². The van der Waals surface area contributed by atoms with Crippen LogP contribution in [0.1, 0.15) is 19.3 Å². The van der Waals surface area contributed by atoms with E-state index in [9.17, 15) is 8.78 Å². The van der Waals surface area contributed by atoms with Crippen molar-refractivity contribution >= 4 is 5.69 Å². The second-order valence-electron chi connectivity index (χ2n) is 5.07. The number of halogens is 2. The molecule has 1 aromatic carbocycles. The minimum absolute atomic E-state index is 0.316. The number of benzene rings is 1. The van der Waals surface area contributed by atoms with E-state index in [2.05, 4.69) is 4.90 Å². The second kappa shape index (κ2) is 5.74. The summed E-state index contributed by atoms with van der Waals surface area (Å²) in [5.74, 6) is 0.791. The lowest BCUT2D eigenvalue weighted by Crippen LogP contribution is -2.47. The molecule has 19 heavy (non-hydrogen) atoms. The first-order chi connectivity index (χ1) is 9.05. The molecule has 2 N–H and O–H groups in total. The van der Waals surface area contributed by atoms with E-state index >= 15 is 0 Å². The number of hydrogen-bond acceptors (Lipinski definition) is 3. The first-order valence-corrected chi connectivity index (χ1v) is 6.51. The van der Waals surface area contributed by atoms with Crippen molar-refractivity contribution in [3.63, 3.8) is 0 Å². The molecule has 3 nitrogen and oxygen atoms in total. The lowest BCUT2D eigenvalue weighted by Gasteiger charge is -2.27. The van der Waals surface area contributed by atoms with Gasteiger partial charge < -0.3 is 15.4 Å². The molecule has 0 saturated carbocycles. The Bertz CT molecular complexity index is 410. The predicted molar refractivity (Wildman–Crippen MR) is 72.0 cm³/mol. The van der Waals surface area contributed by atoms with Crippen molar-refractivity contribution in [3.05, 3.63) is 24.3 Å². The largest absolute Gasteiger partial charge is 0.497 e. The molecule has 106 valence electrons. The number of hydrogen-bond donors (Lipinski definition) is 1. The summed E-state index contributed by atoms with van der Waals surface area (Å²) in [6.45, 7) is 1.32. The van der Waals surface area contributed by atoms with Crippen LogP contribution in [0.2, 0.25) is 0 Å². The molecule has 1 aliphatic heterocycles. The highest BCUT2D eigenvalue weighted by Crippen LogP contribution is 2.29. The van der Waals surface area contributed by atoms with Gasteiger partial charge in [-0.25, -0.2) is 8.78 Å². The van der Waals surface area contributed by atoms with E-state index in [-0.39, 0.29) is 0 Å². The number of nitrogens with two attached hydrogens (primary N) is 1. The summed E-state index contributed by atoms with van der Waals surface area (Å²) in [7, 11) is 1.62. The molecule has 0 bridgehead atoms. The van der Waals surface area contributed by atoms with Crippen LogP contribution in [-0.4, -0.2) is 32.2 Å². The van der Waals surface area contributed by atoms with E-state index in [1.54, 1.807) is 7.11 Å². The van der Waals surface area contributed by atoms with Gasteiger partial charge in [0.1, 0.15) is 5.75 Å². The maximum Gasteiger partial charge on any atom is 0.256 e. The van der Waals surface area contributed by atoms with Crippen molar-refractivity contribution in [1.29, 1.82) is 0 Å². The zero-order chi connectivity index (χ0) is 13.9. The first-order valence-electron chi connectivity index (χ1n) is 6.51. The van der Waals surface area contributed by atoms with Crippen LogP contribution >= 0.6 is 0 Å². The maximum absolute atomic E-state index is 13.0. The van der Waals surface area contributed by atoms with E-state index in [4.69, 9.17) is 10.5 Å². The van der Waals surface area contributed by atoms with Crippen LogP contribution in [0.4, 0.5) is 14.5 Å². The third-order valence-electron chi connectivity index (χ3n) is 3.79. The van der Waals surface area contributed by atoms with E-state index in [0.717, 1.165) is 18.0 Å².